The molecule has 1 N–H and O–H groups in total. The van der Waals surface area contributed by atoms with Crippen molar-refractivity contribution in [1.82, 2.24) is 14.5 Å². The van der Waals surface area contributed by atoms with E-state index in [0.29, 0.717) is 17.8 Å². The number of rotatable bonds is 5. The van der Waals surface area contributed by atoms with E-state index in [1.807, 2.05) is 6.92 Å². The van der Waals surface area contributed by atoms with E-state index in [4.69, 9.17) is 0 Å². The van der Waals surface area contributed by atoms with Gasteiger partial charge < -0.3 is 10.0 Å². The molecule has 1 aromatic heterocycles. The minimum Gasteiger partial charge on any atom is -0.481 e. The maximum Gasteiger partial charge on any atom is 0.348 e. The largest absolute Gasteiger partial charge is 0.481 e. The van der Waals surface area contributed by atoms with Crippen LogP contribution in [-0.4, -0.2) is 45.2 Å². The maximum absolute atomic E-state index is 12.1. The van der Waals surface area contributed by atoms with Crippen molar-refractivity contribution >= 4 is 5.97 Å². The van der Waals surface area contributed by atoms with E-state index in [1.165, 1.54) is 12.8 Å². The standard InChI is InChI=1S/C15H23N3O3/c1-10(14(19)20)13-11(2)16-15(21)18(12(13)3)9-8-17-6-4-5-7-17/h10H,4-9H2,1-3H3,(H,19,20). The van der Waals surface area contributed by atoms with E-state index < -0.39 is 11.9 Å². The van der Waals surface area contributed by atoms with Gasteiger partial charge in [-0.05, 0) is 46.7 Å². The van der Waals surface area contributed by atoms with Gasteiger partial charge in [-0.1, -0.05) is 0 Å². The molecule has 0 bridgehead atoms. The summed E-state index contributed by atoms with van der Waals surface area (Å²) in [7, 11) is 0. The second-order valence-corrected chi connectivity index (χ2v) is 5.74. The average Bonchev–Trinajstić information content (AvgIpc) is 2.90. The van der Waals surface area contributed by atoms with Gasteiger partial charge in [-0.2, -0.15) is 4.98 Å². The molecule has 0 spiro atoms. The molecule has 1 aliphatic heterocycles. The monoisotopic (exact) mass is 293 g/mol. The fourth-order valence-corrected chi connectivity index (χ4v) is 3.08. The Labute approximate surface area is 124 Å². The van der Waals surface area contributed by atoms with Crippen LogP contribution in [0.5, 0.6) is 0 Å². The highest BCUT2D eigenvalue weighted by molar-refractivity contribution is 5.76. The highest BCUT2D eigenvalue weighted by atomic mass is 16.4. The maximum atomic E-state index is 12.1. The van der Waals surface area contributed by atoms with Crippen LogP contribution in [0.1, 0.15) is 42.6 Å². The number of hydrogen-bond donors (Lipinski definition) is 1. The summed E-state index contributed by atoms with van der Waals surface area (Å²) < 4.78 is 1.61. The SMILES string of the molecule is Cc1nc(=O)n(CCN2CCCC2)c(C)c1C(C)C(=O)O. The van der Waals surface area contributed by atoms with Crippen molar-refractivity contribution < 1.29 is 9.90 Å². The fourth-order valence-electron chi connectivity index (χ4n) is 3.08. The number of nitrogens with zero attached hydrogens (tertiary/aromatic N) is 3. The van der Waals surface area contributed by atoms with Gasteiger partial charge in [0.2, 0.25) is 0 Å². The lowest BCUT2D eigenvalue weighted by Crippen LogP contribution is -2.33. The zero-order chi connectivity index (χ0) is 15.6. The van der Waals surface area contributed by atoms with Crippen molar-refractivity contribution in [2.75, 3.05) is 19.6 Å². The number of likely N-dealkylation sites (tertiary alicyclic amines) is 1. The van der Waals surface area contributed by atoms with Gasteiger partial charge in [0.1, 0.15) is 0 Å². The van der Waals surface area contributed by atoms with Crippen LogP contribution < -0.4 is 5.69 Å². The molecule has 1 aliphatic rings. The first kappa shape index (κ1) is 15.7. The van der Waals surface area contributed by atoms with E-state index in [1.54, 1.807) is 18.4 Å². The van der Waals surface area contributed by atoms with E-state index in [2.05, 4.69) is 9.88 Å². The Balaban J connectivity index is 2.29. The number of carboxylic acid groups (broad SMARTS) is 1. The van der Waals surface area contributed by atoms with Gasteiger partial charge in [0.05, 0.1) is 5.92 Å². The van der Waals surface area contributed by atoms with Gasteiger partial charge in [0.15, 0.2) is 0 Å². The van der Waals surface area contributed by atoms with Crippen molar-refractivity contribution in [2.45, 2.75) is 46.1 Å². The Bertz CT molecular complexity index is 589. The Morgan fingerprint density at radius 3 is 2.48 bits per heavy atom. The summed E-state index contributed by atoms with van der Waals surface area (Å²) in [4.78, 5) is 29.7. The molecule has 6 nitrogen and oxygen atoms in total. The number of aliphatic carboxylic acids is 1. The van der Waals surface area contributed by atoms with E-state index in [0.717, 1.165) is 25.3 Å². The summed E-state index contributed by atoms with van der Waals surface area (Å²) in [6, 6.07) is 0. The summed E-state index contributed by atoms with van der Waals surface area (Å²) >= 11 is 0. The highest BCUT2D eigenvalue weighted by Crippen LogP contribution is 2.21. The molecule has 1 atom stereocenters. The topological polar surface area (TPSA) is 75.4 Å². The third kappa shape index (κ3) is 3.32. The molecular formula is C15H23N3O3. The molecule has 1 aromatic rings. The predicted octanol–water partition coefficient (Wildman–Crippen LogP) is 1.14. The number of carbonyl (C=O) groups is 1. The quantitative estimate of drug-likeness (QED) is 0.881. The van der Waals surface area contributed by atoms with Gasteiger partial charge in [0.25, 0.3) is 0 Å². The van der Waals surface area contributed by atoms with Gasteiger partial charge in [-0.3, -0.25) is 9.36 Å². The van der Waals surface area contributed by atoms with Crippen LogP contribution in [0.25, 0.3) is 0 Å². The van der Waals surface area contributed by atoms with Gasteiger partial charge >= 0.3 is 11.7 Å². The lowest BCUT2D eigenvalue weighted by Gasteiger charge is -2.20. The molecule has 0 radical (unpaired) electrons. The van der Waals surface area contributed by atoms with Gasteiger partial charge in [-0.15, -0.1) is 0 Å². The van der Waals surface area contributed by atoms with E-state index >= 15 is 0 Å². The summed E-state index contributed by atoms with van der Waals surface area (Å²) in [5.41, 5.74) is 1.61. The average molecular weight is 293 g/mol. The van der Waals surface area contributed by atoms with Crippen molar-refractivity contribution in [3.63, 3.8) is 0 Å². The fraction of sp³-hybridized carbons (Fsp3) is 0.667. The normalized spacial score (nSPS) is 17.1. The molecule has 6 heteroatoms. The van der Waals surface area contributed by atoms with Crippen LogP contribution in [0.4, 0.5) is 0 Å². The first-order valence-corrected chi connectivity index (χ1v) is 7.45. The van der Waals surface area contributed by atoms with Crippen LogP contribution in [0.3, 0.4) is 0 Å². The molecule has 116 valence electrons. The lowest BCUT2D eigenvalue weighted by molar-refractivity contribution is -0.138. The third-order valence-electron chi connectivity index (χ3n) is 4.32. The highest BCUT2D eigenvalue weighted by Gasteiger charge is 2.22. The molecule has 0 aromatic carbocycles. The molecule has 1 unspecified atom stereocenters. The van der Waals surface area contributed by atoms with Crippen LogP contribution in [-0.2, 0) is 11.3 Å². The summed E-state index contributed by atoms with van der Waals surface area (Å²) in [6.45, 7) is 8.68. The molecule has 0 amide bonds. The summed E-state index contributed by atoms with van der Waals surface area (Å²) in [6.07, 6.45) is 2.42. The minimum atomic E-state index is -0.896. The number of hydrogen-bond acceptors (Lipinski definition) is 4. The van der Waals surface area contributed by atoms with Crippen LogP contribution in [0, 0.1) is 13.8 Å². The van der Waals surface area contributed by atoms with Crippen LogP contribution in [0.15, 0.2) is 4.79 Å². The van der Waals surface area contributed by atoms with Crippen molar-refractivity contribution in [3.8, 4) is 0 Å². The molecule has 2 rings (SSSR count). The molecule has 2 heterocycles. The number of carboxylic acids is 1. The second kappa shape index (κ2) is 6.39. The molecule has 0 saturated carbocycles. The first-order valence-electron chi connectivity index (χ1n) is 7.45. The zero-order valence-corrected chi connectivity index (χ0v) is 12.9. The second-order valence-electron chi connectivity index (χ2n) is 5.74. The van der Waals surface area contributed by atoms with Crippen molar-refractivity contribution in [3.05, 3.63) is 27.4 Å². The van der Waals surface area contributed by atoms with E-state index in [9.17, 15) is 14.7 Å². The van der Waals surface area contributed by atoms with Gasteiger partial charge in [-0.25, -0.2) is 4.79 Å². The lowest BCUT2D eigenvalue weighted by atomic mass is 9.98. The Morgan fingerprint density at radius 1 is 1.29 bits per heavy atom. The Kier molecular flexibility index (Phi) is 4.77. The molecule has 1 fully saturated rings. The number of aromatic nitrogens is 2. The minimum absolute atomic E-state index is 0.287. The van der Waals surface area contributed by atoms with Crippen LogP contribution in [0.2, 0.25) is 0 Å². The Hall–Kier alpha value is -1.69. The third-order valence-corrected chi connectivity index (χ3v) is 4.32. The number of aryl methyl sites for hydroxylation is 1. The zero-order valence-electron chi connectivity index (χ0n) is 12.9. The molecule has 0 aliphatic carbocycles. The summed E-state index contributed by atoms with van der Waals surface area (Å²) in [5, 5.41) is 9.22. The van der Waals surface area contributed by atoms with E-state index in [-0.39, 0.29) is 5.69 Å². The summed E-state index contributed by atoms with van der Waals surface area (Å²) in [5.74, 6) is -1.55. The molecular weight excluding hydrogens is 270 g/mol. The predicted molar refractivity (Wildman–Crippen MR) is 79.7 cm³/mol. The van der Waals surface area contributed by atoms with Crippen molar-refractivity contribution in [2.24, 2.45) is 0 Å². The molecule has 21 heavy (non-hydrogen) atoms. The first-order chi connectivity index (χ1) is 9.91. The smallest absolute Gasteiger partial charge is 0.348 e. The Morgan fingerprint density at radius 2 is 1.90 bits per heavy atom. The van der Waals surface area contributed by atoms with Crippen LogP contribution >= 0.6 is 0 Å². The molecule has 1 saturated heterocycles. The van der Waals surface area contributed by atoms with Crippen molar-refractivity contribution in [1.29, 1.82) is 0 Å². The van der Waals surface area contributed by atoms with Gasteiger partial charge in [0, 0.05) is 30.0 Å².